The van der Waals surface area contributed by atoms with Gasteiger partial charge in [-0.05, 0) is 109 Å². The van der Waals surface area contributed by atoms with E-state index in [0.29, 0.717) is 18.8 Å². The van der Waals surface area contributed by atoms with E-state index in [1.54, 1.807) is 61.0 Å². The standard InChI is InChI=1S/C51H55N3O6/c1-3-5-7-9-11-13-33-57-46-29-24-44(25-30-46)53-37-39-15-19-41(20-16-39)50(55)59-48-28-23-43(36-52)49(35-48)60-51(56)42-21-17-40(18-22-42)38-54-45-26-31-47(32-27-45)58-34-14-12-10-8-6-4-2/h15-32,35,37-38H,3-14,33-34H2,1-2H3. The van der Waals surface area contributed by atoms with Crippen molar-refractivity contribution < 1.29 is 28.5 Å². The number of aliphatic imine (C=N–C) groups is 2. The highest BCUT2D eigenvalue weighted by Crippen LogP contribution is 2.27. The second-order valence-corrected chi connectivity index (χ2v) is 14.5. The summed E-state index contributed by atoms with van der Waals surface area (Å²) < 4.78 is 22.9. The van der Waals surface area contributed by atoms with E-state index in [9.17, 15) is 14.9 Å². The van der Waals surface area contributed by atoms with Crippen molar-refractivity contribution in [2.45, 2.75) is 90.9 Å². The fourth-order valence-corrected chi connectivity index (χ4v) is 6.18. The van der Waals surface area contributed by atoms with E-state index in [0.717, 1.165) is 46.8 Å². The van der Waals surface area contributed by atoms with Crippen LogP contribution in [0.25, 0.3) is 0 Å². The Morgan fingerprint density at radius 1 is 0.517 bits per heavy atom. The Morgan fingerprint density at radius 2 is 0.933 bits per heavy atom. The van der Waals surface area contributed by atoms with Gasteiger partial charge in [0.2, 0.25) is 0 Å². The first-order valence-electron chi connectivity index (χ1n) is 21.2. The van der Waals surface area contributed by atoms with E-state index in [2.05, 4.69) is 23.8 Å². The Labute approximate surface area is 354 Å². The lowest BCUT2D eigenvalue weighted by molar-refractivity contribution is 0.0732. The molecule has 5 aromatic carbocycles. The second-order valence-electron chi connectivity index (χ2n) is 14.5. The average molecular weight is 806 g/mol. The van der Waals surface area contributed by atoms with Crippen LogP contribution in [-0.4, -0.2) is 37.6 Å². The van der Waals surface area contributed by atoms with Gasteiger partial charge in [-0.15, -0.1) is 0 Å². The van der Waals surface area contributed by atoms with Gasteiger partial charge in [-0.1, -0.05) is 102 Å². The van der Waals surface area contributed by atoms with Gasteiger partial charge in [0.1, 0.15) is 23.3 Å². The number of unbranched alkanes of at least 4 members (excludes halogenated alkanes) is 10. The number of nitriles is 1. The zero-order valence-corrected chi connectivity index (χ0v) is 34.8. The average Bonchev–Trinajstić information content (AvgIpc) is 3.28. The van der Waals surface area contributed by atoms with Gasteiger partial charge >= 0.3 is 11.9 Å². The summed E-state index contributed by atoms with van der Waals surface area (Å²) in [6.45, 7) is 5.86. The maximum absolute atomic E-state index is 13.1. The van der Waals surface area contributed by atoms with E-state index in [-0.39, 0.29) is 22.6 Å². The molecule has 0 bridgehead atoms. The number of benzene rings is 5. The molecule has 9 nitrogen and oxygen atoms in total. The number of esters is 2. The largest absolute Gasteiger partial charge is 0.494 e. The van der Waals surface area contributed by atoms with Crippen LogP contribution in [0, 0.1) is 11.3 Å². The summed E-state index contributed by atoms with van der Waals surface area (Å²) >= 11 is 0. The number of carbonyl (C=O) groups excluding carboxylic acids is 2. The van der Waals surface area contributed by atoms with Crippen molar-refractivity contribution in [3.8, 4) is 29.1 Å². The number of rotatable bonds is 24. The van der Waals surface area contributed by atoms with Crippen LogP contribution < -0.4 is 18.9 Å². The summed E-state index contributed by atoms with van der Waals surface area (Å²) in [7, 11) is 0. The first-order valence-corrected chi connectivity index (χ1v) is 21.2. The predicted molar refractivity (Wildman–Crippen MR) is 239 cm³/mol. The lowest BCUT2D eigenvalue weighted by Gasteiger charge is -2.09. The van der Waals surface area contributed by atoms with Gasteiger partial charge in [-0.2, -0.15) is 5.26 Å². The second kappa shape index (κ2) is 25.1. The molecule has 5 aromatic rings. The lowest BCUT2D eigenvalue weighted by atomic mass is 10.1. The van der Waals surface area contributed by atoms with Crippen LogP contribution in [0.3, 0.4) is 0 Å². The quantitative estimate of drug-likeness (QED) is 0.0263. The van der Waals surface area contributed by atoms with Crippen molar-refractivity contribution in [1.29, 1.82) is 5.26 Å². The smallest absolute Gasteiger partial charge is 0.343 e. The third-order valence-corrected chi connectivity index (χ3v) is 9.71. The highest BCUT2D eigenvalue weighted by atomic mass is 16.5. The minimum atomic E-state index is -0.667. The molecular formula is C51H55N3O6. The third-order valence-electron chi connectivity index (χ3n) is 9.71. The molecule has 0 aromatic heterocycles. The fourth-order valence-electron chi connectivity index (χ4n) is 6.18. The molecule has 0 saturated carbocycles. The van der Waals surface area contributed by atoms with Gasteiger partial charge in [0.05, 0.1) is 41.3 Å². The molecule has 0 aliphatic carbocycles. The van der Waals surface area contributed by atoms with Crippen molar-refractivity contribution >= 4 is 35.7 Å². The van der Waals surface area contributed by atoms with E-state index < -0.39 is 11.9 Å². The summed E-state index contributed by atoms with van der Waals surface area (Å²) in [6, 6.07) is 35.1. The number of carbonyl (C=O) groups is 2. The van der Waals surface area contributed by atoms with Crippen molar-refractivity contribution in [2.24, 2.45) is 9.98 Å². The van der Waals surface area contributed by atoms with Crippen LogP contribution in [-0.2, 0) is 0 Å². The molecule has 0 saturated heterocycles. The highest BCUT2D eigenvalue weighted by Gasteiger charge is 2.16. The summed E-state index contributed by atoms with van der Waals surface area (Å²) in [6.07, 6.45) is 18.1. The van der Waals surface area contributed by atoms with E-state index >= 15 is 0 Å². The molecule has 0 aliphatic rings. The van der Waals surface area contributed by atoms with E-state index in [1.165, 1.54) is 82.4 Å². The van der Waals surface area contributed by atoms with Crippen LogP contribution in [0.5, 0.6) is 23.0 Å². The topological polar surface area (TPSA) is 120 Å². The molecule has 0 radical (unpaired) electrons. The van der Waals surface area contributed by atoms with E-state index in [1.807, 2.05) is 54.6 Å². The molecular weight excluding hydrogens is 751 g/mol. The molecule has 9 heteroatoms. The van der Waals surface area contributed by atoms with Crippen molar-refractivity contribution in [3.63, 3.8) is 0 Å². The minimum Gasteiger partial charge on any atom is -0.494 e. The Kier molecular flexibility index (Phi) is 18.6. The zero-order chi connectivity index (χ0) is 42.2. The van der Waals surface area contributed by atoms with Crippen molar-refractivity contribution in [3.05, 3.63) is 143 Å². The zero-order valence-electron chi connectivity index (χ0n) is 34.8. The minimum absolute atomic E-state index is 0.0261. The molecule has 5 rings (SSSR count). The first-order chi connectivity index (χ1) is 29.4. The monoisotopic (exact) mass is 805 g/mol. The Hall–Kier alpha value is -6.53. The van der Waals surface area contributed by atoms with Crippen LogP contribution in [0.2, 0.25) is 0 Å². The van der Waals surface area contributed by atoms with Crippen molar-refractivity contribution in [1.82, 2.24) is 0 Å². The predicted octanol–water partition coefficient (Wildman–Crippen LogP) is 13.0. The van der Waals surface area contributed by atoms with Gasteiger partial charge in [-0.3, -0.25) is 9.98 Å². The molecule has 60 heavy (non-hydrogen) atoms. The molecule has 0 amide bonds. The maximum atomic E-state index is 13.1. The number of hydrogen-bond acceptors (Lipinski definition) is 9. The molecule has 0 unspecified atom stereocenters. The summed E-state index contributed by atoms with van der Waals surface area (Å²) in [5, 5.41) is 9.67. The van der Waals surface area contributed by atoms with Gasteiger partial charge in [0.25, 0.3) is 0 Å². The lowest BCUT2D eigenvalue weighted by Crippen LogP contribution is -2.11. The Bertz CT molecular complexity index is 2170. The van der Waals surface area contributed by atoms with Crippen LogP contribution in [0.1, 0.15) is 128 Å². The number of nitrogens with zero attached hydrogens (tertiary/aromatic N) is 3. The summed E-state index contributed by atoms with van der Waals surface area (Å²) in [5.41, 5.74) is 3.86. The molecule has 0 fully saturated rings. The summed E-state index contributed by atoms with van der Waals surface area (Å²) in [4.78, 5) is 35.2. The third kappa shape index (κ3) is 15.3. The summed E-state index contributed by atoms with van der Waals surface area (Å²) in [5.74, 6) is 0.468. The number of ether oxygens (including phenoxy) is 4. The van der Waals surface area contributed by atoms with Gasteiger partial charge in [0, 0.05) is 18.5 Å². The molecule has 0 heterocycles. The fraction of sp³-hybridized carbons (Fsp3) is 0.314. The van der Waals surface area contributed by atoms with E-state index in [4.69, 9.17) is 18.9 Å². The number of hydrogen-bond donors (Lipinski definition) is 0. The molecule has 0 spiro atoms. The Balaban J connectivity index is 1.08. The maximum Gasteiger partial charge on any atom is 0.343 e. The van der Waals surface area contributed by atoms with Crippen LogP contribution >= 0.6 is 0 Å². The van der Waals surface area contributed by atoms with Crippen LogP contribution in [0.15, 0.2) is 125 Å². The molecule has 0 aliphatic heterocycles. The van der Waals surface area contributed by atoms with Crippen LogP contribution in [0.4, 0.5) is 11.4 Å². The molecule has 0 atom stereocenters. The first kappa shape index (κ1) is 44.6. The molecule has 0 N–H and O–H groups in total. The van der Waals surface area contributed by atoms with Crippen molar-refractivity contribution in [2.75, 3.05) is 13.2 Å². The van der Waals surface area contributed by atoms with Gasteiger partial charge in [-0.25, -0.2) is 9.59 Å². The normalized spacial score (nSPS) is 11.1. The highest BCUT2D eigenvalue weighted by molar-refractivity contribution is 5.94. The van der Waals surface area contributed by atoms with Gasteiger partial charge < -0.3 is 18.9 Å². The Morgan fingerprint density at radius 3 is 1.38 bits per heavy atom. The SMILES string of the molecule is CCCCCCCCOc1ccc(N=Cc2ccc(C(=O)Oc3ccc(C#N)c(OC(=O)c4ccc(C=Nc5ccc(OCCCCCCCC)cc5)cc4)c3)cc2)cc1. The molecule has 310 valence electrons. The van der Waals surface area contributed by atoms with Gasteiger partial charge in [0.15, 0.2) is 5.75 Å².